The Morgan fingerprint density at radius 3 is 2.40 bits per heavy atom. The summed E-state index contributed by atoms with van der Waals surface area (Å²) in [5.41, 5.74) is 2.70. The monoisotopic (exact) mass is 509 g/mol. The fraction of sp³-hybridized carbons (Fsp3) is 0.296. The maximum Gasteiger partial charge on any atom is 0.337 e. The van der Waals surface area contributed by atoms with Crippen LogP contribution in [0.25, 0.3) is 0 Å². The van der Waals surface area contributed by atoms with Gasteiger partial charge in [0, 0.05) is 23.8 Å². The summed E-state index contributed by atoms with van der Waals surface area (Å²) in [6.07, 6.45) is 0. The Balaban J connectivity index is 1.96. The molecular formula is C27H28ClN3O3S. The molecule has 1 heterocycles. The fourth-order valence-corrected chi connectivity index (χ4v) is 5.16. The van der Waals surface area contributed by atoms with Crippen LogP contribution in [0.5, 0.6) is 0 Å². The minimum absolute atomic E-state index is 0.0180. The molecule has 0 unspecified atom stereocenters. The van der Waals surface area contributed by atoms with E-state index in [1.165, 1.54) is 11.8 Å². The first-order valence-electron chi connectivity index (χ1n) is 11.4. The number of halogens is 1. The molecule has 0 saturated carbocycles. The highest BCUT2D eigenvalue weighted by atomic mass is 35.5. The van der Waals surface area contributed by atoms with Crippen molar-refractivity contribution in [1.82, 2.24) is 10.2 Å². The smallest absolute Gasteiger partial charge is 0.337 e. The van der Waals surface area contributed by atoms with Gasteiger partial charge >= 0.3 is 5.97 Å². The number of nitrogens with one attached hydrogen (secondary N) is 1. The second kappa shape index (κ2) is 12.5. The summed E-state index contributed by atoms with van der Waals surface area (Å²) in [4.78, 5) is 27.6. The molecule has 1 N–H and O–H groups in total. The number of nitriles is 1. The molecule has 0 aromatic heterocycles. The van der Waals surface area contributed by atoms with Crippen molar-refractivity contribution in [1.29, 1.82) is 5.26 Å². The standard InChI is InChI=1S/C27H28ClN3O3S/c1-4-31(5-2)23(32)17-35-26-21(15-29)25(20-13-9-10-14-22(20)28)24(18(3)30-26)27(33)34-16-19-11-7-6-8-12-19/h6-14,25,30H,4-5,16-17H2,1-3H3/t25-/m0/s1. The van der Waals surface area contributed by atoms with Crippen LogP contribution in [0.3, 0.4) is 0 Å². The normalized spacial score (nSPS) is 15.3. The molecule has 35 heavy (non-hydrogen) atoms. The van der Waals surface area contributed by atoms with E-state index in [-0.39, 0.29) is 18.3 Å². The molecule has 8 heteroatoms. The molecule has 3 rings (SSSR count). The Morgan fingerprint density at radius 1 is 1.11 bits per heavy atom. The summed E-state index contributed by atoms with van der Waals surface area (Å²) in [5.74, 6) is -1.09. The van der Waals surface area contributed by atoms with E-state index in [0.29, 0.717) is 45.5 Å². The van der Waals surface area contributed by atoms with E-state index in [4.69, 9.17) is 16.3 Å². The van der Waals surface area contributed by atoms with Gasteiger partial charge in [-0.25, -0.2) is 4.79 Å². The van der Waals surface area contributed by atoms with Gasteiger partial charge in [0.15, 0.2) is 0 Å². The maximum absolute atomic E-state index is 13.3. The van der Waals surface area contributed by atoms with E-state index in [0.717, 1.165) is 5.56 Å². The van der Waals surface area contributed by atoms with Crippen LogP contribution in [-0.2, 0) is 20.9 Å². The van der Waals surface area contributed by atoms with Gasteiger partial charge in [0.2, 0.25) is 5.91 Å². The summed E-state index contributed by atoms with van der Waals surface area (Å²) >= 11 is 7.78. The van der Waals surface area contributed by atoms with Gasteiger partial charge in [0.25, 0.3) is 0 Å². The third kappa shape index (κ3) is 6.27. The Bertz CT molecular complexity index is 1180. The molecule has 0 fully saturated rings. The SMILES string of the molecule is CCN(CC)C(=O)CSC1=C(C#N)[C@H](c2ccccc2Cl)C(C(=O)OCc2ccccc2)=C(C)N1. The van der Waals surface area contributed by atoms with Crippen LogP contribution in [0, 0.1) is 11.3 Å². The van der Waals surface area contributed by atoms with Gasteiger partial charge in [0.1, 0.15) is 6.61 Å². The average molecular weight is 510 g/mol. The highest BCUT2D eigenvalue weighted by Crippen LogP contribution is 2.43. The van der Waals surface area contributed by atoms with Gasteiger partial charge in [-0.15, -0.1) is 0 Å². The first-order chi connectivity index (χ1) is 16.9. The predicted molar refractivity (Wildman–Crippen MR) is 139 cm³/mol. The van der Waals surface area contributed by atoms with E-state index in [9.17, 15) is 14.9 Å². The van der Waals surface area contributed by atoms with Crippen molar-refractivity contribution in [3.05, 3.63) is 92.6 Å². The number of allylic oxidation sites excluding steroid dienone is 2. The first-order valence-corrected chi connectivity index (χ1v) is 12.8. The Kier molecular flexibility index (Phi) is 9.41. The van der Waals surface area contributed by atoms with Crippen LogP contribution in [-0.4, -0.2) is 35.6 Å². The Morgan fingerprint density at radius 2 is 1.77 bits per heavy atom. The Hall–Kier alpha value is -3.21. The summed E-state index contributed by atoms with van der Waals surface area (Å²) in [5, 5.41) is 14.3. The second-order valence-corrected chi connectivity index (χ2v) is 9.28. The second-order valence-electron chi connectivity index (χ2n) is 7.89. The molecule has 1 atom stereocenters. The molecule has 1 aliphatic rings. The van der Waals surface area contributed by atoms with Crippen molar-refractivity contribution < 1.29 is 14.3 Å². The zero-order valence-electron chi connectivity index (χ0n) is 20.0. The van der Waals surface area contributed by atoms with Crippen LogP contribution in [0.15, 0.2) is 76.5 Å². The Labute approximate surface area is 215 Å². The lowest BCUT2D eigenvalue weighted by atomic mass is 9.82. The zero-order chi connectivity index (χ0) is 25.4. The van der Waals surface area contributed by atoms with Crippen molar-refractivity contribution in [2.45, 2.75) is 33.3 Å². The lowest BCUT2D eigenvalue weighted by molar-refractivity contribution is -0.140. The number of carbonyl (C=O) groups is 2. The molecule has 1 aliphatic heterocycles. The van der Waals surface area contributed by atoms with E-state index >= 15 is 0 Å². The first kappa shape index (κ1) is 26.4. The summed E-state index contributed by atoms with van der Waals surface area (Å²) in [6, 6.07) is 18.8. The third-order valence-corrected chi connectivity index (χ3v) is 7.10. The van der Waals surface area contributed by atoms with Crippen LogP contribution < -0.4 is 5.32 Å². The number of dihydropyridines is 1. The fourth-order valence-electron chi connectivity index (χ4n) is 3.92. The molecule has 0 saturated heterocycles. The maximum atomic E-state index is 13.3. The molecule has 2 aromatic rings. The lowest BCUT2D eigenvalue weighted by Gasteiger charge is -2.30. The predicted octanol–water partition coefficient (Wildman–Crippen LogP) is 5.38. The summed E-state index contributed by atoms with van der Waals surface area (Å²) < 4.78 is 5.64. The van der Waals surface area contributed by atoms with Gasteiger partial charge in [-0.2, -0.15) is 5.26 Å². The number of benzene rings is 2. The van der Waals surface area contributed by atoms with E-state index in [2.05, 4.69) is 11.4 Å². The third-order valence-electron chi connectivity index (χ3n) is 5.75. The number of hydrogen-bond donors (Lipinski definition) is 1. The molecular weight excluding hydrogens is 482 g/mol. The number of esters is 1. The van der Waals surface area contributed by atoms with E-state index in [1.807, 2.05) is 50.2 Å². The molecule has 0 radical (unpaired) electrons. The van der Waals surface area contributed by atoms with Crippen molar-refractivity contribution in [3.63, 3.8) is 0 Å². The van der Waals surface area contributed by atoms with Crippen LogP contribution >= 0.6 is 23.4 Å². The minimum Gasteiger partial charge on any atom is -0.457 e. The quantitative estimate of drug-likeness (QED) is 0.457. The van der Waals surface area contributed by atoms with Crippen LogP contribution in [0.2, 0.25) is 5.02 Å². The molecule has 0 bridgehead atoms. The largest absolute Gasteiger partial charge is 0.457 e. The molecule has 0 aliphatic carbocycles. The highest BCUT2D eigenvalue weighted by Gasteiger charge is 2.36. The minimum atomic E-state index is -0.718. The number of nitrogens with zero attached hydrogens (tertiary/aromatic N) is 2. The lowest BCUT2D eigenvalue weighted by Crippen LogP contribution is -2.33. The average Bonchev–Trinajstić information content (AvgIpc) is 2.87. The number of carbonyl (C=O) groups excluding carboxylic acids is 2. The zero-order valence-corrected chi connectivity index (χ0v) is 21.6. The topological polar surface area (TPSA) is 82.4 Å². The molecule has 0 spiro atoms. The van der Waals surface area contributed by atoms with Crippen LogP contribution in [0.4, 0.5) is 0 Å². The van der Waals surface area contributed by atoms with Crippen LogP contribution in [0.1, 0.15) is 37.8 Å². The van der Waals surface area contributed by atoms with E-state index < -0.39 is 11.9 Å². The molecule has 182 valence electrons. The number of rotatable bonds is 9. The van der Waals surface area contributed by atoms with Gasteiger partial charge in [0.05, 0.1) is 33.9 Å². The summed E-state index contributed by atoms with van der Waals surface area (Å²) in [6.45, 7) is 6.97. The number of amides is 1. The summed E-state index contributed by atoms with van der Waals surface area (Å²) in [7, 11) is 0. The van der Waals surface area contributed by atoms with Gasteiger partial charge in [-0.05, 0) is 38.0 Å². The van der Waals surface area contributed by atoms with E-state index in [1.54, 1.807) is 30.0 Å². The van der Waals surface area contributed by atoms with Crippen molar-refractivity contribution in [3.8, 4) is 6.07 Å². The number of thioether (sulfide) groups is 1. The van der Waals surface area contributed by atoms with Gasteiger partial charge in [-0.3, -0.25) is 4.79 Å². The molecule has 1 amide bonds. The molecule has 6 nitrogen and oxygen atoms in total. The molecule has 2 aromatic carbocycles. The highest BCUT2D eigenvalue weighted by molar-refractivity contribution is 8.03. The van der Waals surface area contributed by atoms with Crippen molar-refractivity contribution in [2.24, 2.45) is 0 Å². The van der Waals surface area contributed by atoms with Crippen molar-refractivity contribution in [2.75, 3.05) is 18.8 Å². The number of ether oxygens (including phenoxy) is 1. The number of hydrogen-bond acceptors (Lipinski definition) is 6. The van der Waals surface area contributed by atoms with Gasteiger partial charge < -0.3 is 15.0 Å². The van der Waals surface area contributed by atoms with Crippen molar-refractivity contribution >= 4 is 35.2 Å². The van der Waals surface area contributed by atoms with Gasteiger partial charge in [-0.1, -0.05) is 71.9 Å².